The molecule has 0 spiro atoms. The number of carbonyl (C=O) groups excluding carboxylic acids is 1. The van der Waals surface area contributed by atoms with Gasteiger partial charge in [0, 0.05) is 31.1 Å². The van der Waals surface area contributed by atoms with Gasteiger partial charge in [-0.25, -0.2) is 4.79 Å². The Labute approximate surface area is 123 Å². The number of likely N-dealkylation sites (tertiary alicyclic amines) is 1. The molecule has 1 aromatic rings. The number of fused-ring (bicyclic) bond motifs is 1. The molecule has 5 heteroatoms. The van der Waals surface area contributed by atoms with E-state index in [0.29, 0.717) is 19.4 Å². The number of hydrogen-bond acceptors (Lipinski definition) is 3. The van der Waals surface area contributed by atoms with Gasteiger partial charge in [-0.15, -0.1) is 0 Å². The van der Waals surface area contributed by atoms with Gasteiger partial charge in [-0.05, 0) is 30.9 Å². The molecule has 0 bridgehead atoms. The van der Waals surface area contributed by atoms with Gasteiger partial charge in [-0.3, -0.25) is 4.79 Å². The quantitative estimate of drug-likeness (QED) is 0.893. The lowest BCUT2D eigenvalue weighted by Gasteiger charge is -2.33. The minimum atomic E-state index is -0.881. The summed E-state index contributed by atoms with van der Waals surface area (Å²) in [4.78, 5) is 25.4. The van der Waals surface area contributed by atoms with E-state index in [4.69, 9.17) is 0 Å². The second-order valence-electron chi connectivity index (χ2n) is 5.81. The van der Waals surface area contributed by atoms with Crippen LogP contribution in [0.3, 0.4) is 0 Å². The number of carboxylic acid groups (broad SMARTS) is 1. The maximum absolute atomic E-state index is 12.5. The van der Waals surface area contributed by atoms with Gasteiger partial charge in [0.2, 0.25) is 5.91 Å². The van der Waals surface area contributed by atoms with Crippen molar-refractivity contribution in [1.82, 2.24) is 4.90 Å². The standard InChI is InChI=1S/C16H20N2O3/c19-15(18-8-4-3-7-14(18)16(20)21)9-11-10-17-13-6-2-1-5-12(11)13/h1-2,5-6,11,14,17H,3-4,7-10H2,(H,20,21). The van der Waals surface area contributed by atoms with Crippen molar-refractivity contribution in [3.05, 3.63) is 29.8 Å². The van der Waals surface area contributed by atoms with Crippen LogP contribution in [0.4, 0.5) is 5.69 Å². The van der Waals surface area contributed by atoms with Gasteiger partial charge in [0.05, 0.1) is 0 Å². The van der Waals surface area contributed by atoms with E-state index < -0.39 is 12.0 Å². The molecular weight excluding hydrogens is 268 g/mol. The van der Waals surface area contributed by atoms with Crippen molar-refractivity contribution < 1.29 is 14.7 Å². The number of anilines is 1. The Balaban J connectivity index is 1.70. The lowest BCUT2D eigenvalue weighted by molar-refractivity contribution is -0.152. The maximum atomic E-state index is 12.5. The first kappa shape index (κ1) is 13.9. The average molecular weight is 288 g/mol. The second kappa shape index (κ2) is 5.76. The molecule has 2 aliphatic heterocycles. The molecular formula is C16H20N2O3. The van der Waals surface area contributed by atoms with Crippen molar-refractivity contribution in [2.45, 2.75) is 37.6 Å². The maximum Gasteiger partial charge on any atom is 0.326 e. The number of amides is 1. The smallest absolute Gasteiger partial charge is 0.326 e. The molecule has 2 N–H and O–H groups in total. The molecule has 1 amide bonds. The Morgan fingerprint density at radius 2 is 2.10 bits per heavy atom. The third-order valence-corrected chi connectivity index (χ3v) is 4.47. The Morgan fingerprint density at radius 1 is 1.29 bits per heavy atom. The van der Waals surface area contributed by atoms with Crippen molar-refractivity contribution in [3.63, 3.8) is 0 Å². The summed E-state index contributed by atoms with van der Waals surface area (Å²) in [5, 5.41) is 12.6. The highest BCUT2D eigenvalue weighted by molar-refractivity contribution is 5.84. The molecule has 2 unspecified atom stereocenters. The first-order valence-electron chi connectivity index (χ1n) is 7.52. The van der Waals surface area contributed by atoms with Gasteiger partial charge in [0.1, 0.15) is 6.04 Å². The van der Waals surface area contributed by atoms with E-state index >= 15 is 0 Å². The molecule has 3 rings (SSSR count). The molecule has 5 nitrogen and oxygen atoms in total. The van der Waals surface area contributed by atoms with Gasteiger partial charge < -0.3 is 15.3 Å². The summed E-state index contributed by atoms with van der Waals surface area (Å²) in [6.07, 6.45) is 2.73. The molecule has 21 heavy (non-hydrogen) atoms. The number of nitrogens with zero attached hydrogens (tertiary/aromatic N) is 1. The monoisotopic (exact) mass is 288 g/mol. The number of piperidine rings is 1. The third kappa shape index (κ3) is 2.73. The first-order chi connectivity index (χ1) is 10.2. The summed E-state index contributed by atoms with van der Waals surface area (Å²) in [7, 11) is 0. The van der Waals surface area contributed by atoms with Crippen LogP contribution in [0.5, 0.6) is 0 Å². The predicted octanol–water partition coefficient (Wildman–Crippen LogP) is 2.05. The molecule has 2 aliphatic rings. The van der Waals surface area contributed by atoms with E-state index in [2.05, 4.69) is 5.32 Å². The van der Waals surface area contributed by atoms with Crippen LogP contribution in [0.25, 0.3) is 0 Å². The Kier molecular flexibility index (Phi) is 3.82. The normalized spacial score (nSPS) is 24.3. The lowest BCUT2D eigenvalue weighted by Crippen LogP contribution is -2.48. The summed E-state index contributed by atoms with van der Waals surface area (Å²) in [6.45, 7) is 1.31. The van der Waals surface area contributed by atoms with Gasteiger partial charge >= 0.3 is 5.97 Å². The Bertz CT molecular complexity index is 558. The zero-order chi connectivity index (χ0) is 14.8. The molecule has 0 aromatic heterocycles. The fourth-order valence-corrected chi connectivity index (χ4v) is 3.35. The fourth-order valence-electron chi connectivity index (χ4n) is 3.35. The summed E-state index contributed by atoms with van der Waals surface area (Å²) < 4.78 is 0. The SMILES string of the molecule is O=C(O)C1CCCCN1C(=O)CC1CNc2ccccc21. The zero-order valence-corrected chi connectivity index (χ0v) is 11.9. The third-order valence-electron chi connectivity index (χ3n) is 4.47. The van der Waals surface area contributed by atoms with Crippen molar-refractivity contribution in [2.24, 2.45) is 0 Å². The van der Waals surface area contributed by atoms with Crippen LogP contribution in [0.15, 0.2) is 24.3 Å². The van der Waals surface area contributed by atoms with Gasteiger partial charge in [0.25, 0.3) is 0 Å². The minimum Gasteiger partial charge on any atom is -0.480 e. The number of aliphatic carboxylic acids is 1. The zero-order valence-electron chi connectivity index (χ0n) is 11.9. The number of benzene rings is 1. The van der Waals surface area contributed by atoms with Crippen LogP contribution in [0, 0.1) is 0 Å². The van der Waals surface area contributed by atoms with Crippen LogP contribution in [-0.4, -0.2) is 41.0 Å². The van der Waals surface area contributed by atoms with E-state index in [1.165, 1.54) is 0 Å². The highest BCUT2D eigenvalue weighted by Crippen LogP contribution is 2.34. The van der Waals surface area contributed by atoms with E-state index in [1.54, 1.807) is 4.90 Å². The number of carbonyl (C=O) groups is 2. The van der Waals surface area contributed by atoms with Crippen molar-refractivity contribution in [1.29, 1.82) is 0 Å². The predicted molar refractivity (Wildman–Crippen MR) is 79.3 cm³/mol. The van der Waals surface area contributed by atoms with E-state index in [-0.39, 0.29) is 11.8 Å². The number of hydrogen-bond donors (Lipinski definition) is 2. The first-order valence-corrected chi connectivity index (χ1v) is 7.52. The number of para-hydroxylation sites is 1. The molecule has 0 radical (unpaired) electrons. The van der Waals surface area contributed by atoms with Crippen LogP contribution >= 0.6 is 0 Å². The molecule has 1 saturated heterocycles. The summed E-state index contributed by atoms with van der Waals surface area (Å²) in [5.41, 5.74) is 2.25. The number of nitrogens with one attached hydrogen (secondary N) is 1. The average Bonchev–Trinajstić information content (AvgIpc) is 2.90. The Morgan fingerprint density at radius 3 is 2.90 bits per heavy atom. The molecule has 1 aromatic carbocycles. The molecule has 1 fully saturated rings. The van der Waals surface area contributed by atoms with Crippen molar-refractivity contribution in [2.75, 3.05) is 18.4 Å². The Hall–Kier alpha value is -2.04. The van der Waals surface area contributed by atoms with Crippen molar-refractivity contribution >= 4 is 17.6 Å². The summed E-state index contributed by atoms with van der Waals surface area (Å²) >= 11 is 0. The molecule has 2 atom stereocenters. The fraction of sp³-hybridized carbons (Fsp3) is 0.500. The number of rotatable bonds is 3. The van der Waals surface area contributed by atoms with E-state index in [9.17, 15) is 14.7 Å². The van der Waals surface area contributed by atoms with Gasteiger partial charge in [-0.1, -0.05) is 18.2 Å². The van der Waals surface area contributed by atoms with Crippen molar-refractivity contribution in [3.8, 4) is 0 Å². The second-order valence-corrected chi connectivity index (χ2v) is 5.81. The molecule has 0 saturated carbocycles. The largest absolute Gasteiger partial charge is 0.480 e. The topological polar surface area (TPSA) is 69.6 Å². The molecule has 112 valence electrons. The lowest BCUT2D eigenvalue weighted by atomic mass is 9.95. The number of carboxylic acids is 1. The highest BCUT2D eigenvalue weighted by atomic mass is 16.4. The van der Waals surface area contributed by atoms with Gasteiger partial charge in [-0.2, -0.15) is 0 Å². The van der Waals surface area contributed by atoms with Crippen LogP contribution < -0.4 is 5.32 Å². The summed E-state index contributed by atoms with van der Waals surface area (Å²) in [5.74, 6) is -0.774. The van der Waals surface area contributed by atoms with Crippen LogP contribution in [-0.2, 0) is 9.59 Å². The highest BCUT2D eigenvalue weighted by Gasteiger charge is 2.34. The molecule has 0 aliphatic carbocycles. The van der Waals surface area contributed by atoms with E-state index in [0.717, 1.165) is 30.6 Å². The van der Waals surface area contributed by atoms with E-state index in [1.807, 2.05) is 24.3 Å². The van der Waals surface area contributed by atoms with Crippen LogP contribution in [0.1, 0.15) is 37.2 Å². The van der Waals surface area contributed by atoms with Crippen LogP contribution in [0.2, 0.25) is 0 Å². The minimum absolute atomic E-state index is 0.0365. The molecule has 2 heterocycles. The summed E-state index contributed by atoms with van der Waals surface area (Å²) in [6, 6.07) is 7.36. The van der Waals surface area contributed by atoms with Gasteiger partial charge in [0.15, 0.2) is 0 Å².